The summed E-state index contributed by atoms with van der Waals surface area (Å²) in [6, 6.07) is 9.57. The van der Waals surface area contributed by atoms with Crippen molar-refractivity contribution in [1.29, 1.82) is 5.26 Å². The Balaban J connectivity index is 2.18. The Labute approximate surface area is 128 Å². The van der Waals surface area contributed by atoms with E-state index in [1.165, 1.54) is 6.42 Å². The fourth-order valence-corrected chi connectivity index (χ4v) is 5.04. The Kier molecular flexibility index (Phi) is 5.63. The highest BCUT2D eigenvalue weighted by Gasteiger charge is 2.34. The van der Waals surface area contributed by atoms with Gasteiger partial charge in [0.2, 0.25) is 0 Å². The maximum atomic E-state index is 12.8. The van der Waals surface area contributed by atoms with E-state index in [0.29, 0.717) is 10.9 Å². The van der Waals surface area contributed by atoms with E-state index in [9.17, 15) is 9.47 Å². The van der Waals surface area contributed by atoms with E-state index in [1.54, 1.807) is 12.1 Å². The van der Waals surface area contributed by atoms with Crippen LogP contribution in [0.4, 0.5) is 0 Å². The van der Waals surface area contributed by atoms with E-state index < -0.39 is 10.8 Å². The number of hydrogen-bond donors (Lipinski definition) is 0. The van der Waals surface area contributed by atoms with Crippen LogP contribution in [-0.4, -0.2) is 9.46 Å². The summed E-state index contributed by atoms with van der Waals surface area (Å²) in [4.78, 5) is 0.750. The average molecular weight is 310 g/mol. The average Bonchev–Trinajstić information content (AvgIpc) is 2.47. The highest BCUT2D eigenvalue weighted by atomic mass is 35.5. The van der Waals surface area contributed by atoms with Gasteiger partial charge in [-0.25, -0.2) is 0 Å². The fraction of sp³-hybridized carbons (Fsp3) is 0.562. The van der Waals surface area contributed by atoms with Gasteiger partial charge in [-0.3, -0.25) is 4.21 Å². The molecule has 2 nitrogen and oxygen atoms in total. The molecule has 0 aliphatic heterocycles. The molecular formula is C16H20ClNOS. The van der Waals surface area contributed by atoms with Crippen LogP contribution in [0.25, 0.3) is 0 Å². The Bertz CT molecular complexity index is 525. The number of hydrogen-bond acceptors (Lipinski definition) is 2. The maximum absolute atomic E-state index is 12.8. The molecule has 0 aromatic heterocycles. The predicted molar refractivity (Wildman–Crippen MR) is 83.0 cm³/mol. The molecule has 108 valence electrons. The van der Waals surface area contributed by atoms with Gasteiger partial charge in [0.05, 0.1) is 28.0 Å². The molecule has 1 saturated carbocycles. The normalized spacial score (nSPS) is 27.8. The molecule has 1 fully saturated rings. The number of nitrogens with zero attached hydrogens (tertiary/aromatic N) is 1. The second kappa shape index (κ2) is 7.24. The minimum Gasteiger partial charge on any atom is -0.254 e. The summed E-state index contributed by atoms with van der Waals surface area (Å²) in [5.74, 6) is 0.514. The van der Waals surface area contributed by atoms with Crippen LogP contribution in [0.1, 0.15) is 39.0 Å². The van der Waals surface area contributed by atoms with Crippen LogP contribution < -0.4 is 0 Å². The van der Waals surface area contributed by atoms with Gasteiger partial charge in [0.25, 0.3) is 0 Å². The molecule has 0 heterocycles. The number of rotatable bonds is 4. The molecule has 0 bridgehead atoms. The molecule has 0 N–H and O–H groups in total. The molecule has 1 aliphatic carbocycles. The van der Waals surface area contributed by atoms with Crippen LogP contribution in [0.15, 0.2) is 29.2 Å². The van der Waals surface area contributed by atoms with Gasteiger partial charge in [-0.05, 0) is 43.4 Å². The van der Waals surface area contributed by atoms with Crippen molar-refractivity contribution in [3.05, 3.63) is 29.3 Å². The highest BCUT2D eigenvalue weighted by Crippen LogP contribution is 2.36. The van der Waals surface area contributed by atoms with E-state index in [-0.39, 0.29) is 11.2 Å². The van der Waals surface area contributed by atoms with Crippen LogP contribution in [0, 0.1) is 23.2 Å². The molecule has 4 unspecified atom stereocenters. The molecule has 1 aromatic carbocycles. The van der Waals surface area contributed by atoms with Gasteiger partial charge in [-0.1, -0.05) is 37.4 Å². The Morgan fingerprint density at radius 1 is 1.45 bits per heavy atom. The fourth-order valence-electron chi connectivity index (χ4n) is 3.03. The largest absolute Gasteiger partial charge is 0.254 e. The van der Waals surface area contributed by atoms with Crippen LogP contribution in [0.5, 0.6) is 0 Å². The first-order valence-electron chi connectivity index (χ1n) is 7.21. The Hall–Kier alpha value is -0.850. The second-order valence-corrected chi connectivity index (χ2v) is 7.60. The van der Waals surface area contributed by atoms with Crippen molar-refractivity contribution < 1.29 is 4.21 Å². The van der Waals surface area contributed by atoms with Crippen molar-refractivity contribution in [1.82, 2.24) is 0 Å². The lowest BCUT2D eigenvalue weighted by Crippen LogP contribution is -2.32. The lowest BCUT2D eigenvalue weighted by atomic mass is 9.80. The third-order valence-electron chi connectivity index (χ3n) is 4.07. The van der Waals surface area contributed by atoms with E-state index in [4.69, 9.17) is 11.6 Å². The van der Waals surface area contributed by atoms with Crippen molar-refractivity contribution >= 4 is 22.4 Å². The molecule has 0 saturated heterocycles. The third kappa shape index (κ3) is 3.62. The molecular weight excluding hydrogens is 290 g/mol. The third-order valence-corrected chi connectivity index (χ3v) is 6.09. The molecule has 0 radical (unpaired) electrons. The van der Waals surface area contributed by atoms with Gasteiger partial charge < -0.3 is 0 Å². The maximum Gasteiger partial charge on any atom is 0.0668 e. The topological polar surface area (TPSA) is 40.9 Å². The van der Waals surface area contributed by atoms with Gasteiger partial charge in [-0.15, -0.1) is 0 Å². The highest BCUT2D eigenvalue weighted by molar-refractivity contribution is 7.85. The lowest BCUT2D eigenvalue weighted by molar-refractivity contribution is 0.303. The summed E-state index contributed by atoms with van der Waals surface area (Å²) >= 11 is 5.98. The van der Waals surface area contributed by atoms with Gasteiger partial charge in [-0.2, -0.15) is 5.26 Å². The molecule has 0 spiro atoms. The molecule has 0 amide bonds. The first-order valence-corrected chi connectivity index (χ1v) is 8.80. The summed E-state index contributed by atoms with van der Waals surface area (Å²) in [5.41, 5.74) is 0. The number of nitriles is 1. The van der Waals surface area contributed by atoms with Crippen molar-refractivity contribution in [3.8, 4) is 6.07 Å². The Morgan fingerprint density at radius 3 is 2.90 bits per heavy atom. The van der Waals surface area contributed by atoms with Crippen molar-refractivity contribution in [2.75, 3.05) is 0 Å². The predicted octanol–water partition coefficient (Wildman–Crippen LogP) is 4.56. The van der Waals surface area contributed by atoms with Crippen LogP contribution in [0.3, 0.4) is 0 Å². The molecule has 1 aromatic rings. The van der Waals surface area contributed by atoms with Crippen LogP contribution in [0.2, 0.25) is 5.02 Å². The quantitative estimate of drug-likeness (QED) is 0.818. The molecule has 1 aliphatic rings. The van der Waals surface area contributed by atoms with E-state index >= 15 is 0 Å². The van der Waals surface area contributed by atoms with Crippen molar-refractivity contribution in [2.45, 2.75) is 49.2 Å². The number of halogens is 1. The summed E-state index contributed by atoms with van der Waals surface area (Å²) in [6.07, 6.45) is 5.18. The zero-order chi connectivity index (χ0) is 14.5. The monoisotopic (exact) mass is 309 g/mol. The van der Waals surface area contributed by atoms with Gasteiger partial charge in [0, 0.05) is 9.92 Å². The molecule has 4 atom stereocenters. The standard InChI is InChI=1S/C16H20ClNOS/c1-2-4-12-7-8-13(11-18)16(9-12)20(19)15-6-3-5-14(17)10-15/h3,5-6,10,12-13,16H,2,4,7-9H2,1H3. The summed E-state index contributed by atoms with van der Waals surface area (Å²) < 4.78 is 12.8. The first kappa shape index (κ1) is 15.5. The van der Waals surface area contributed by atoms with Gasteiger partial charge in [0.1, 0.15) is 0 Å². The summed E-state index contributed by atoms with van der Waals surface area (Å²) in [6.45, 7) is 2.18. The minimum absolute atomic E-state index is 0.0521. The lowest BCUT2D eigenvalue weighted by Gasteiger charge is -2.32. The molecule has 4 heteroatoms. The second-order valence-electron chi connectivity index (χ2n) is 5.50. The molecule has 20 heavy (non-hydrogen) atoms. The van der Waals surface area contributed by atoms with Crippen LogP contribution in [-0.2, 0) is 10.8 Å². The SMILES string of the molecule is CCCC1CCC(C#N)C(S(=O)c2cccc(Cl)c2)C1. The number of benzene rings is 1. The summed E-state index contributed by atoms with van der Waals surface area (Å²) in [5, 5.41) is 9.87. The molecule has 2 rings (SSSR count). The zero-order valence-electron chi connectivity index (χ0n) is 11.7. The van der Waals surface area contributed by atoms with Crippen molar-refractivity contribution in [3.63, 3.8) is 0 Å². The minimum atomic E-state index is -1.14. The zero-order valence-corrected chi connectivity index (χ0v) is 13.3. The van der Waals surface area contributed by atoms with E-state index in [1.807, 2.05) is 12.1 Å². The Morgan fingerprint density at radius 2 is 2.25 bits per heavy atom. The van der Waals surface area contributed by atoms with E-state index in [0.717, 1.165) is 30.6 Å². The summed E-state index contributed by atoms with van der Waals surface area (Å²) in [7, 11) is -1.14. The van der Waals surface area contributed by atoms with E-state index in [2.05, 4.69) is 13.0 Å². The van der Waals surface area contributed by atoms with Crippen molar-refractivity contribution in [2.24, 2.45) is 11.8 Å². The van der Waals surface area contributed by atoms with Gasteiger partial charge >= 0.3 is 0 Å². The van der Waals surface area contributed by atoms with Crippen LogP contribution >= 0.6 is 11.6 Å². The first-order chi connectivity index (χ1) is 9.65. The van der Waals surface area contributed by atoms with Gasteiger partial charge in [0.15, 0.2) is 0 Å². The smallest absolute Gasteiger partial charge is 0.0668 e.